The van der Waals surface area contributed by atoms with Crippen LogP contribution in [0.5, 0.6) is 11.6 Å². The summed E-state index contributed by atoms with van der Waals surface area (Å²) in [4.78, 5) is 51.4. The molecular weight excluding hydrogens is 638 g/mol. The van der Waals surface area contributed by atoms with Gasteiger partial charge in [0.2, 0.25) is 11.8 Å². The van der Waals surface area contributed by atoms with Crippen LogP contribution in [0.1, 0.15) is 79.8 Å². The second-order valence-electron chi connectivity index (χ2n) is 15.2. The van der Waals surface area contributed by atoms with Crippen LogP contribution in [0.25, 0.3) is 11.0 Å². The van der Waals surface area contributed by atoms with E-state index in [2.05, 4.69) is 15.3 Å². The van der Waals surface area contributed by atoms with E-state index in [1.807, 2.05) is 20.8 Å². The van der Waals surface area contributed by atoms with Crippen molar-refractivity contribution in [2.75, 3.05) is 20.3 Å². The van der Waals surface area contributed by atoms with E-state index in [-0.39, 0.29) is 36.0 Å². The van der Waals surface area contributed by atoms with Crippen molar-refractivity contribution in [2.24, 2.45) is 23.2 Å². The standard InChI is InChI=1S/C36H48F2N4O7/c1-20(2)19-47-32(44)27-21(3)26-18-42(27)31(43)29(34(4,5)6)41-33(45)49-35(7)17-22(35)12-10-9-11-15-36(37,38)28-30(48-26)40-25-16-23(46-8)13-14-24(25)39-28/h11,13-16,20-22,26-27,29H,9-10,12,17-19H2,1-8H3,(H,41,45)/b15-11+/t21-,22-,26+,27+,29-,35-/m1/s1. The molecule has 0 spiro atoms. The van der Waals surface area contributed by atoms with Gasteiger partial charge in [0.25, 0.3) is 0 Å². The van der Waals surface area contributed by atoms with E-state index in [1.165, 1.54) is 18.1 Å². The summed E-state index contributed by atoms with van der Waals surface area (Å²) < 4.78 is 55.0. The van der Waals surface area contributed by atoms with Crippen LogP contribution in [0.3, 0.4) is 0 Å². The van der Waals surface area contributed by atoms with Gasteiger partial charge in [-0.05, 0) is 62.1 Å². The van der Waals surface area contributed by atoms with E-state index in [4.69, 9.17) is 18.9 Å². The Balaban J connectivity index is 1.60. The van der Waals surface area contributed by atoms with Crippen LogP contribution in [-0.2, 0) is 25.0 Å². The van der Waals surface area contributed by atoms with Gasteiger partial charge in [-0.2, -0.15) is 8.78 Å². The van der Waals surface area contributed by atoms with Gasteiger partial charge in [0, 0.05) is 17.9 Å². The number of nitrogens with one attached hydrogen (secondary N) is 1. The van der Waals surface area contributed by atoms with E-state index >= 15 is 8.78 Å². The topological polar surface area (TPSA) is 129 Å². The molecule has 2 fully saturated rings. The molecule has 2 bridgehead atoms. The number of rotatable bonds is 4. The predicted molar refractivity (Wildman–Crippen MR) is 177 cm³/mol. The molecule has 1 saturated carbocycles. The molecule has 11 nitrogen and oxygen atoms in total. The van der Waals surface area contributed by atoms with Gasteiger partial charge in [-0.1, -0.05) is 47.6 Å². The van der Waals surface area contributed by atoms with Crippen molar-refractivity contribution >= 4 is 29.0 Å². The normalized spacial score (nSPS) is 29.7. The lowest BCUT2D eigenvalue weighted by molar-refractivity contribution is -0.156. The smallest absolute Gasteiger partial charge is 0.408 e. The molecule has 0 unspecified atom stereocenters. The van der Waals surface area contributed by atoms with Crippen molar-refractivity contribution in [1.29, 1.82) is 0 Å². The summed E-state index contributed by atoms with van der Waals surface area (Å²) in [6.45, 7) is 12.7. The largest absolute Gasteiger partial charge is 0.497 e. The molecule has 1 aromatic carbocycles. The van der Waals surface area contributed by atoms with Crippen molar-refractivity contribution in [1.82, 2.24) is 20.2 Å². The second kappa shape index (κ2) is 13.7. The Hall–Kier alpha value is -4.03. The minimum atomic E-state index is -3.56. The quantitative estimate of drug-likeness (QED) is 0.296. The summed E-state index contributed by atoms with van der Waals surface area (Å²) in [5.41, 5.74) is -1.71. The van der Waals surface area contributed by atoms with E-state index in [9.17, 15) is 14.4 Å². The highest BCUT2D eigenvalue weighted by atomic mass is 19.3. The van der Waals surface area contributed by atoms with Gasteiger partial charge in [-0.3, -0.25) is 4.79 Å². The lowest BCUT2D eigenvalue weighted by Crippen LogP contribution is -2.57. The lowest BCUT2D eigenvalue weighted by Gasteiger charge is -2.35. The number of hydrogen-bond donors (Lipinski definition) is 1. The summed E-state index contributed by atoms with van der Waals surface area (Å²) in [5, 5.41) is 2.78. The molecule has 5 rings (SSSR count). The van der Waals surface area contributed by atoms with Crippen molar-refractivity contribution in [3.8, 4) is 11.6 Å². The third kappa shape index (κ3) is 7.91. The maximum atomic E-state index is 16.0. The maximum absolute atomic E-state index is 16.0. The highest BCUT2D eigenvalue weighted by Gasteiger charge is 2.55. The summed E-state index contributed by atoms with van der Waals surface area (Å²) in [5.74, 6) is -5.36. The van der Waals surface area contributed by atoms with Gasteiger partial charge >= 0.3 is 18.0 Å². The molecule has 0 radical (unpaired) electrons. The van der Waals surface area contributed by atoms with Gasteiger partial charge < -0.3 is 29.2 Å². The Labute approximate surface area is 286 Å². The van der Waals surface area contributed by atoms with E-state index in [0.29, 0.717) is 31.4 Å². The first-order valence-electron chi connectivity index (χ1n) is 17.0. The molecule has 1 saturated heterocycles. The van der Waals surface area contributed by atoms with Crippen LogP contribution in [0, 0.1) is 23.2 Å². The lowest BCUT2D eigenvalue weighted by atomic mass is 9.85. The van der Waals surface area contributed by atoms with Crippen molar-refractivity contribution < 1.29 is 42.1 Å². The average molecular weight is 687 g/mol. The number of hydrogen-bond acceptors (Lipinski definition) is 9. The number of esters is 1. The molecule has 3 aliphatic rings. The minimum Gasteiger partial charge on any atom is -0.497 e. The molecule has 6 atom stereocenters. The number of carbonyl (C=O) groups excluding carboxylic acids is 3. The molecule has 2 aromatic rings. The number of allylic oxidation sites excluding steroid dienone is 2. The number of alkyl carbamates (subject to hydrolysis) is 1. The van der Waals surface area contributed by atoms with Gasteiger partial charge in [0.1, 0.15) is 29.5 Å². The first-order valence-corrected chi connectivity index (χ1v) is 17.0. The fourth-order valence-electron chi connectivity index (χ4n) is 6.52. The zero-order chi connectivity index (χ0) is 35.9. The number of methoxy groups -OCH3 is 1. The SMILES string of the molecule is COc1ccc2nc3c(nc2c1)O[C@H]1CN(C(=O)[C@H](C(C)(C)C)NC(=O)O[C@]2(C)C[C@H]2CCC/C=C/C3(F)F)[C@H](C(=O)OCC(C)C)[C@@H]1C. The predicted octanol–water partition coefficient (Wildman–Crippen LogP) is 6.18. The summed E-state index contributed by atoms with van der Waals surface area (Å²) in [7, 11) is 1.48. The molecule has 1 aromatic heterocycles. The molecule has 2 aliphatic heterocycles. The first kappa shape index (κ1) is 36.3. The van der Waals surface area contributed by atoms with Crippen LogP contribution in [0.2, 0.25) is 0 Å². The van der Waals surface area contributed by atoms with Gasteiger partial charge in [0.15, 0.2) is 5.69 Å². The molecule has 1 aliphatic carbocycles. The first-order chi connectivity index (χ1) is 22.9. The van der Waals surface area contributed by atoms with E-state index in [0.717, 1.165) is 6.08 Å². The number of ether oxygens (including phenoxy) is 4. The van der Waals surface area contributed by atoms with Crippen LogP contribution < -0.4 is 14.8 Å². The Morgan fingerprint density at radius 3 is 2.59 bits per heavy atom. The number of nitrogens with zero attached hydrogens (tertiary/aromatic N) is 3. The molecular formula is C36H48F2N4O7. The number of fused-ring (bicyclic) bond motifs is 5. The molecule has 13 heteroatoms. The van der Waals surface area contributed by atoms with Crippen molar-refractivity contribution in [3.05, 3.63) is 36.0 Å². The Morgan fingerprint density at radius 1 is 1.18 bits per heavy atom. The van der Waals surface area contributed by atoms with Gasteiger partial charge in [0.05, 0.1) is 31.3 Å². The summed E-state index contributed by atoms with van der Waals surface area (Å²) >= 11 is 0. The fourth-order valence-corrected chi connectivity index (χ4v) is 6.52. The van der Waals surface area contributed by atoms with Crippen LogP contribution in [0.15, 0.2) is 30.4 Å². The maximum Gasteiger partial charge on any atom is 0.408 e. The monoisotopic (exact) mass is 686 g/mol. The number of benzene rings is 1. The molecule has 3 heterocycles. The molecule has 49 heavy (non-hydrogen) atoms. The third-order valence-electron chi connectivity index (χ3n) is 9.61. The van der Waals surface area contributed by atoms with Gasteiger partial charge in [-0.25, -0.2) is 19.6 Å². The molecule has 2 amide bonds. The highest BCUT2D eigenvalue weighted by molar-refractivity contribution is 5.91. The van der Waals surface area contributed by atoms with E-state index in [1.54, 1.807) is 45.9 Å². The molecule has 268 valence electrons. The summed E-state index contributed by atoms with van der Waals surface area (Å²) in [6, 6.07) is 2.50. The average Bonchev–Trinajstić information content (AvgIpc) is 3.54. The Morgan fingerprint density at radius 2 is 1.92 bits per heavy atom. The van der Waals surface area contributed by atoms with Crippen molar-refractivity contribution in [3.63, 3.8) is 0 Å². The highest BCUT2D eigenvalue weighted by Crippen LogP contribution is 2.50. The fraction of sp³-hybridized carbons (Fsp3) is 0.639. The number of halogens is 2. The zero-order valence-electron chi connectivity index (χ0n) is 29.5. The molecule has 1 N–H and O–H groups in total. The summed E-state index contributed by atoms with van der Waals surface area (Å²) in [6.07, 6.45) is 2.80. The van der Waals surface area contributed by atoms with Gasteiger partial charge in [-0.15, -0.1) is 0 Å². The number of carbonyl (C=O) groups is 3. The number of alkyl halides is 2. The minimum absolute atomic E-state index is 0.0257. The zero-order valence-corrected chi connectivity index (χ0v) is 29.5. The van der Waals surface area contributed by atoms with Crippen LogP contribution >= 0.6 is 0 Å². The van der Waals surface area contributed by atoms with E-state index < -0.39 is 70.6 Å². The second-order valence-corrected chi connectivity index (χ2v) is 15.2. The van der Waals surface area contributed by atoms with Crippen LogP contribution in [0.4, 0.5) is 13.6 Å². The number of aromatic nitrogens is 2. The third-order valence-corrected chi connectivity index (χ3v) is 9.61. The van der Waals surface area contributed by atoms with Crippen molar-refractivity contribution in [2.45, 2.75) is 104 Å². The van der Waals surface area contributed by atoms with Crippen LogP contribution in [-0.4, -0.2) is 76.9 Å². The number of amides is 2. The Kier molecular flexibility index (Phi) is 10.1. The Bertz CT molecular complexity index is 1610.